The second kappa shape index (κ2) is 9.05. The summed E-state index contributed by atoms with van der Waals surface area (Å²) in [5.41, 5.74) is 0.697. The number of amides is 1. The number of carboxylic acid groups (broad SMARTS) is 1. The summed E-state index contributed by atoms with van der Waals surface area (Å²) in [6.07, 6.45) is 0. The number of carbonyl (C=O) groups is 2. The average Bonchev–Trinajstić information content (AvgIpc) is 3.05. The maximum absolute atomic E-state index is 12.1. The van der Waals surface area contributed by atoms with Gasteiger partial charge in [-0.3, -0.25) is 4.79 Å². The Morgan fingerprint density at radius 3 is 2.50 bits per heavy atom. The molecule has 0 saturated heterocycles. The number of benzene rings is 2. The SMILES string of the molecule is Cn1c(COc2ccccc2)nnc1SCC(=O)Nc1ccc(C(=O)O)cc1. The molecular weight excluding hydrogens is 380 g/mol. The van der Waals surface area contributed by atoms with E-state index >= 15 is 0 Å². The van der Waals surface area contributed by atoms with Crippen LogP contribution in [0.4, 0.5) is 5.69 Å². The highest BCUT2D eigenvalue weighted by Crippen LogP contribution is 2.18. The van der Waals surface area contributed by atoms with Crippen molar-refractivity contribution in [3.63, 3.8) is 0 Å². The minimum atomic E-state index is -1.01. The molecule has 1 aromatic heterocycles. The predicted molar refractivity (Wildman–Crippen MR) is 105 cm³/mol. The van der Waals surface area contributed by atoms with Crippen molar-refractivity contribution in [1.82, 2.24) is 14.8 Å². The van der Waals surface area contributed by atoms with E-state index in [-0.39, 0.29) is 23.8 Å². The van der Waals surface area contributed by atoms with Gasteiger partial charge in [-0.15, -0.1) is 10.2 Å². The van der Waals surface area contributed by atoms with Crippen molar-refractivity contribution in [2.24, 2.45) is 7.05 Å². The first-order valence-electron chi connectivity index (χ1n) is 8.35. The van der Waals surface area contributed by atoms with Gasteiger partial charge in [-0.25, -0.2) is 4.79 Å². The van der Waals surface area contributed by atoms with Gasteiger partial charge in [-0.05, 0) is 36.4 Å². The van der Waals surface area contributed by atoms with Crippen LogP contribution in [0.1, 0.15) is 16.2 Å². The van der Waals surface area contributed by atoms with Gasteiger partial charge in [0.15, 0.2) is 11.0 Å². The number of carboxylic acids is 1. The predicted octanol–water partition coefficient (Wildman–Crippen LogP) is 2.82. The van der Waals surface area contributed by atoms with E-state index in [2.05, 4.69) is 15.5 Å². The highest BCUT2D eigenvalue weighted by molar-refractivity contribution is 7.99. The standard InChI is InChI=1S/C19H18N4O4S/c1-23-16(11-27-15-5-3-2-4-6-15)21-22-19(23)28-12-17(24)20-14-9-7-13(8-10-14)18(25)26/h2-10H,11-12H2,1H3,(H,20,24)(H,25,26). The van der Waals surface area contributed by atoms with Crippen LogP contribution < -0.4 is 10.1 Å². The van der Waals surface area contributed by atoms with Gasteiger partial charge in [-0.2, -0.15) is 0 Å². The van der Waals surface area contributed by atoms with Crippen LogP contribution in [0.15, 0.2) is 59.8 Å². The Kier molecular flexibility index (Phi) is 6.28. The summed E-state index contributed by atoms with van der Waals surface area (Å²) < 4.78 is 7.44. The Labute approximate surface area is 165 Å². The number of nitrogens with one attached hydrogen (secondary N) is 1. The van der Waals surface area contributed by atoms with Gasteiger partial charge >= 0.3 is 5.97 Å². The monoisotopic (exact) mass is 398 g/mol. The molecular formula is C19H18N4O4S. The first-order valence-corrected chi connectivity index (χ1v) is 9.33. The number of hydrogen-bond acceptors (Lipinski definition) is 6. The van der Waals surface area contributed by atoms with E-state index < -0.39 is 5.97 Å². The molecule has 0 aliphatic rings. The quantitative estimate of drug-likeness (QED) is 0.562. The zero-order valence-electron chi connectivity index (χ0n) is 15.0. The first kappa shape index (κ1) is 19.4. The Bertz CT molecular complexity index is 958. The molecule has 2 aromatic carbocycles. The molecule has 3 rings (SSSR count). The molecule has 0 radical (unpaired) electrons. The Hall–Kier alpha value is -3.33. The molecule has 0 atom stereocenters. The Balaban J connectivity index is 1.50. The fourth-order valence-corrected chi connectivity index (χ4v) is 3.01. The number of rotatable bonds is 8. The molecule has 0 unspecified atom stereocenters. The van der Waals surface area contributed by atoms with Gasteiger partial charge in [0.2, 0.25) is 5.91 Å². The molecule has 1 amide bonds. The summed E-state index contributed by atoms with van der Waals surface area (Å²) in [7, 11) is 1.81. The number of ether oxygens (including phenoxy) is 1. The summed E-state index contributed by atoms with van der Waals surface area (Å²) in [5.74, 6) is 0.302. The number of para-hydroxylation sites is 1. The van der Waals surface area contributed by atoms with Gasteiger partial charge in [0.1, 0.15) is 12.4 Å². The Morgan fingerprint density at radius 1 is 1.11 bits per heavy atom. The second-order valence-corrected chi connectivity index (χ2v) is 6.72. The van der Waals surface area contributed by atoms with E-state index in [0.29, 0.717) is 16.7 Å². The lowest BCUT2D eigenvalue weighted by atomic mass is 10.2. The highest BCUT2D eigenvalue weighted by Gasteiger charge is 2.12. The molecule has 0 bridgehead atoms. The first-order chi connectivity index (χ1) is 13.5. The molecule has 0 spiro atoms. The lowest BCUT2D eigenvalue weighted by Crippen LogP contribution is -2.14. The number of aromatic nitrogens is 3. The van der Waals surface area contributed by atoms with Crippen LogP contribution in [-0.2, 0) is 18.4 Å². The van der Waals surface area contributed by atoms with Crippen LogP contribution in [-0.4, -0.2) is 37.5 Å². The van der Waals surface area contributed by atoms with E-state index in [1.807, 2.05) is 37.4 Å². The van der Waals surface area contributed by atoms with Crippen molar-refractivity contribution in [2.75, 3.05) is 11.1 Å². The number of carbonyl (C=O) groups excluding carboxylic acids is 1. The minimum absolute atomic E-state index is 0.145. The van der Waals surface area contributed by atoms with Crippen LogP contribution in [0.25, 0.3) is 0 Å². The van der Waals surface area contributed by atoms with Crippen LogP contribution in [0.2, 0.25) is 0 Å². The maximum atomic E-state index is 12.1. The number of aromatic carboxylic acids is 1. The fourth-order valence-electron chi connectivity index (χ4n) is 2.28. The third-order valence-electron chi connectivity index (χ3n) is 3.78. The number of thioether (sulfide) groups is 1. The van der Waals surface area contributed by atoms with Crippen LogP contribution in [0, 0.1) is 0 Å². The molecule has 1 heterocycles. The summed E-state index contributed by atoms with van der Waals surface area (Å²) in [4.78, 5) is 22.9. The zero-order valence-corrected chi connectivity index (χ0v) is 15.8. The maximum Gasteiger partial charge on any atom is 0.335 e. The molecule has 0 fully saturated rings. The van der Waals surface area contributed by atoms with Gasteiger partial charge < -0.3 is 19.7 Å². The van der Waals surface area contributed by atoms with Crippen molar-refractivity contribution in [3.05, 3.63) is 66.0 Å². The molecule has 3 aromatic rings. The van der Waals surface area contributed by atoms with E-state index in [1.165, 1.54) is 23.9 Å². The van der Waals surface area contributed by atoms with E-state index in [0.717, 1.165) is 5.75 Å². The van der Waals surface area contributed by atoms with E-state index in [1.54, 1.807) is 16.7 Å². The molecule has 2 N–H and O–H groups in total. The van der Waals surface area contributed by atoms with Crippen LogP contribution in [0.5, 0.6) is 5.75 Å². The summed E-state index contributed by atoms with van der Waals surface area (Å²) >= 11 is 1.25. The lowest BCUT2D eigenvalue weighted by molar-refractivity contribution is -0.113. The smallest absolute Gasteiger partial charge is 0.335 e. The summed E-state index contributed by atoms with van der Waals surface area (Å²) in [6, 6.07) is 15.4. The molecule has 144 valence electrons. The van der Waals surface area contributed by atoms with Crippen molar-refractivity contribution < 1.29 is 19.4 Å². The largest absolute Gasteiger partial charge is 0.486 e. The van der Waals surface area contributed by atoms with Crippen molar-refractivity contribution in [1.29, 1.82) is 0 Å². The van der Waals surface area contributed by atoms with Crippen molar-refractivity contribution >= 4 is 29.3 Å². The molecule has 0 aliphatic carbocycles. The Morgan fingerprint density at radius 2 is 1.82 bits per heavy atom. The van der Waals surface area contributed by atoms with Gasteiger partial charge in [0.05, 0.1) is 11.3 Å². The number of nitrogens with zero attached hydrogens (tertiary/aromatic N) is 3. The van der Waals surface area contributed by atoms with Crippen LogP contribution >= 0.6 is 11.8 Å². The topological polar surface area (TPSA) is 106 Å². The highest BCUT2D eigenvalue weighted by atomic mass is 32.2. The minimum Gasteiger partial charge on any atom is -0.486 e. The number of hydrogen-bond donors (Lipinski definition) is 2. The molecule has 28 heavy (non-hydrogen) atoms. The van der Waals surface area contributed by atoms with Crippen LogP contribution in [0.3, 0.4) is 0 Å². The third kappa shape index (κ3) is 5.10. The summed E-state index contributed by atoms with van der Waals surface area (Å²) in [5, 5.41) is 20.4. The third-order valence-corrected chi connectivity index (χ3v) is 4.80. The average molecular weight is 398 g/mol. The fraction of sp³-hybridized carbons (Fsp3) is 0.158. The summed E-state index contributed by atoms with van der Waals surface area (Å²) in [6.45, 7) is 0.274. The lowest BCUT2D eigenvalue weighted by Gasteiger charge is -2.07. The molecule has 9 heteroatoms. The van der Waals surface area contributed by atoms with E-state index in [4.69, 9.17) is 9.84 Å². The van der Waals surface area contributed by atoms with Crippen molar-refractivity contribution in [2.45, 2.75) is 11.8 Å². The van der Waals surface area contributed by atoms with Gasteiger partial charge in [0.25, 0.3) is 0 Å². The molecule has 0 aliphatic heterocycles. The zero-order chi connectivity index (χ0) is 19.9. The molecule has 0 saturated carbocycles. The number of anilines is 1. The normalized spacial score (nSPS) is 10.5. The van der Waals surface area contributed by atoms with Crippen molar-refractivity contribution in [3.8, 4) is 5.75 Å². The van der Waals surface area contributed by atoms with Gasteiger partial charge in [0, 0.05) is 12.7 Å². The van der Waals surface area contributed by atoms with Gasteiger partial charge in [-0.1, -0.05) is 30.0 Å². The second-order valence-electron chi connectivity index (χ2n) is 5.78. The van der Waals surface area contributed by atoms with E-state index in [9.17, 15) is 9.59 Å². The molecule has 8 nitrogen and oxygen atoms in total.